The van der Waals surface area contributed by atoms with Crippen molar-refractivity contribution in [3.05, 3.63) is 42.0 Å². The smallest absolute Gasteiger partial charge is 0.315 e. The van der Waals surface area contributed by atoms with Crippen molar-refractivity contribution >= 4 is 23.1 Å². The van der Waals surface area contributed by atoms with Crippen LogP contribution in [0.1, 0.15) is 37.7 Å². The SMILES string of the molecule is O=[C]c1ccc2cc(O[C@H]3CO[C@H]4[C@@H]3OC[C@@H]4NC(=O)NC3CCCCC3)ccc2c1. The molecule has 31 heavy (non-hydrogen) atoms. The van der Waals surface area contributed by atoms with Crippen LogP contribution in [0.5, 0.6) is 5.75 Å². The molecule has 3 aliphatic rings. The summed E-state index contributed by atoms with van der Waals surface area (Å²) in [6.45, 7) is 0.824. The molecule has 1 saturated carbocycles. The first-order valence-electron chi connectivity index (χ1n) is 11.1. The van der Waals surface area contributed by atoms with E-state index in [0.29, 0.717) is 18.8 Å². The number of nitrogens with one attached hydrogen (secondary N) is 2. The molecule has 2 heterocycles. The lowest BCUT2D eigenvalue weighted by Gasteiger charge is -2.24. The van der Waals surface area contributed by atoms with E-state index in [2.05, 4.69) is 10.6 Å². The zero-order valence-electron chi connectivity index (χ0n) is 17.3. The van der Waals surface area contributed by atoms with Gasteiger partial charge in [0.1, 0.15) is 18.0 Å². The van der Waals surface area contributed by atoms with Gasteiger partial charge in [-0.15, -0.1) is 0 Å². The first-order valence-corrected chi connectivity index (χ1v) is 11.1. The lowest BCUT2D eigenvalue weighted by molar-refractivity contribution is 0.0304. The molecule has 0 unspecified atom stereocenters. The Morgan fingerprint density at radius 2 is 1.71 bits per heavy atom. The molecule has 2 aliphatic heterocycles. The van der Waals surface area contributed by atoms with Gasteiger partial charge in [0.05, 0.1) is 19.3 Å². The summed E-state index contributed by atoms with van der Waals surface area (Å²) in [6, 6.07) is 11.1. The first kappa shape index (κ1) is 20.3. The van der Waals surface area contributed by atoms with E-state index in [1.54, 1.807) is 12.1 Å². The van der Waals surface area contributed by atoms with E-state index in [1.165, 1.54) is 19.3 Å². The molecule has 1 radical (unpaired) electrons. The van der Waals surface area contributed by atoms with Crippen molar-refractivity contribution in [2.24, 2.45) is 0 Å². The normalized spacial score (nSPS) is 28.3. The molecule has 2 aromatic carbocycles. The third-order valence-electron chi connectivity index (χ3n) is 6.48. The molecule has 5 rings (SSSR count). The van der Waals surface area contributed by atoms with Crippen molar-refractivity contribution in [1.82, 2.24) is 10.6 Å². The Labute approximate surface area is 181 Å². The Kier molecular flexibility index (Phi) is 5.78. The van der Waals surface area contributed by atoms with Crippen LogP contribution in [0.15, 0.2) is 36.4 Å². The summed E-state index contributed by atoms with van der Waals surface area (Å²) >= 11 is 0. The van der Waals surface area contributed by atoms with Crippen LogP contribution in [0.2, 0.25) is 0 Å². The summed E-state index contributed by atoms with van der Waals surface area (Å²) in [5, 5.41) is 8.06. The van der Waals surface area contributed by atoms with Crippen LogP contribution < -0.4 is 15.4 Å². The van der Waals surface area contributed by atoms with Gasteiger partial charge >= 0.3 is 6.03 Å². The van der Waals surface area contributed by atoms with Gasteiger partial charge in [-0.3, -0.25) is 4.79 Å². The number of rotatable bonds is 5. The molecule has 0 aromatic heterocycles. The van der Waals surface area contributed by atoms with E-state index >= 15 is 0 Å². The molecule has 7 heteroatoms. The topological polar surface area (TPSA) is 85.9 Å². The number of ether oxygens (including phenoxy) is 3. The number of hydrogen-bond acceptors (Lipinski definition) is 5. The Balaban J connectivity index is 1.18. The quantitative estimate of drug-likeness (QED) is 0.773. The van der Waals surface area contributed by atoms with E-state index in [4.69, 9.17) is 14.2 Å². The van der Waals surface area contributed by atoms with Gasteiger partial charge < -0.3 is 24.8 Å². The predicted molar refractivity (Wildman–Crippen MR) is 115 cm³/mol. The zero-order valence-corrected chi connectivity index (χ0v) is 17.3. The van der Waals surface area contributed by atoms with E-state index in [9.17, 15) is 9.59 Å². The maximum atomic E-state index is 12.4. The lowest BCUT2D eigenvalue weighted by Crippen LogP contribution is -2.51. The van der Waals surface area contributed by atoms with Crippen molar-refractivity contribution in [2.45, 2.75) is 62.5 Å². The van der Waals surface area contributed by atoms with Gasteiger partial charge in [-0.1, -0.05) is 37.5 Å². The fourth-order valence-corrected chi connectivity index (χ4v) is 4.87. The number of amides is 2. The molecule has 2 aromatic rings. The van der Waals surface area contributed by atoms with Crippen molar-refractivity contribution in [3.63, 3.8) is 0 Å². The van der Waals surface area contributed by atoms with Gasteiger partial charge in [-0.2, -0.15) is 0 Å². The minimum absolute atomic E-state index is 0.143. The minimum atomic E-state index is -0.238. The van der Waals surface area contributed by atoms with E-state index in [1.807, 2.05) is 30.6 Å². The fraction of sp³-hybridized carbons (Fsp3) is 0.500. The number of fused-ring (bicyclic) bond motifs is 2. The molecule has 1 aliphatic carbocycles. The van der Waals surface area contributed by atoms with Gasteiger partial charge in [0, 0.05) is 11.6 Å². The van der Waals surface area contributed by atoms with E-state index < -0.39 is 0 Å². The van der Waals surface area contributed by atoms with Crippen LogP contribution in [0, 0.1) is 0 Å². The summed E-state index contributed by atoms with van der Waals surface area (Å²) in [7, 11) is 0. The Bertz CT molecular complexity index is 958. The van der Waals surface area contributed by atoms with Crippen molar-refractivity contribution in [2.75, 3.05) is 13.2 Å². The highest BCUT2D eigenvalue weighted by atomic mass is 16.6. The maximum absolute atomic E-state index is 12.4. The van der Waals surface area contributed by atoms with E-state index in [-0.39, 0.29) is 36.4 Å². The number of urea groups is 1. The molecular formula is C24H27N2O5. The second-order valence-corrected chi connectivity index (χ2v) is 8.64. The highest BCUT2D eigenvalue weighted by Gasteiger charge is 2.49. The van der Waals surface area contributed by atoms with Gasteiger partial charge in [-0.25, -0.2) is 4.79 Å². The van der Waals surface area contributed by atoms with Crippen LogP contribution >= 0.6 is 0 Å². The maximum Gasteiger partial charge on any atom is 0.315 e. The highest BCUT2D eigenvalue weighted by Crippen LogP contribution is 2.31. The molecule has 163 valence electrons. The molecule has 7 nitrogen and oxygen atoms in total. The Hall–Kier alpha value is -2.64. The third kappa shape index (κ3) is 4.38. The van der Waals surface area contributed by atoms with Gasteiger partial charge in [0.25, 0.3) is 0 Å². The van der Waals surface area contributed by atoms with Gasteiger partial charge in [0.15, 0.2) is 6.10 Å². The van der Waals surface area contributed by atoms with Gasteiger partial charge in [-0.05, 0) is 41.8 Å². The summed E-state index contributed by atoms with van der Waals surface area (Å²) < 4.78 is 18.1. The Morgan fingerprint density at radius 1 is 0.935 bits per heavy atom. The number of benzene rings is 2. The van der Waals surface area contributed by atoms with Crippen LogP contribution in [0.3, 0.4) is 0 Å². The van der Waals surface area contributed by atoms with Crippen molar-refractivity contribution in [1.29, 1.82) is 0 Å². The minimum Gasteiger partial charge on any atom is -0.485 e. The molecule has 3 fully saturated rings. The van der Waals surface area contributed by atoms with Crippen molar-refractivity contribution < 1.29 is 23.8 Å². The van der Waals surface area contributed by atoms with E-state index in [0.717, 1.165) is 29.4 Å². The summed E-state index contributed by atoms with van der Waals surface area (Å²) in [4.78, 5) is 23.2. The monoisotopic (exact) mass is 423 g/mol. The average molecular weight is 423 g/mol. The standard InChI is InChI=1S/C24H27N2O5/c27-12-15-6-7-17-11-19(9-8-16(17)10-15)31-21-14-30-22-20(13-29-23(21)22)26-24(28)25-18-4-2-1-3-5-18/h6-11,18,20-23H,1-5,13-14H2,(H2,25,26,28)/t20-,21-,22+,23+/m0/s1. The number of hydrogen-bond donors (Lipinski definition) is 2. The molecule has 2 amide bonds. The molecule has 2 saturated heterocycles. The van der Waals surface area contributed by atoms with Gasteiger partial charge in [0.2, 0.25) is 6.29 Å². The second kappa shape index (κ2) is 8.85. The van der Waals surface area contributed by atoms with Crippen LogP contribution in [0.25, 0.3) is 10.8 Å². The summed E-state index contributed by atoms with van der Waals surface area (Å²) in [6.07, 6.45) is 6.94. The van der Waals surface area contributed by atoms with Crippen molar-refractivity contribution in [3.8, 4) is 5.75 Å². The number of carbonyl (C=O) groups excluding carboxylic acids is 2. The third-order valence-corrected chi connectivity index (χ3v) is 6.48. The molecule has 0 spiro atoms. The molecule has 2 N–H and O–H groups in total. The Morgan fingerprint density at radius 3 is 2.55 bits per heavy atom. The second-order valence-electron chi connectivity index (χ2n) is 8.64. The number of carbonyl (C=O) groups is 1. The first-order chi connectivity index (χ1) is 15.2. The summed E-state index contributed by atoms with van der Waals surface area (Å²) in [5.74, 6) is 0.722. The molecule has 4 atom stereocenters. The summed E-state index contributed by atoms with van der Waals surface area (Å²) in [5.41, 5.74) is 0.527. The van der Waals surface area contributed by atoms with Crippen LogP contribution in [-0.2, 0) is 14.3 Å². The predicted octanol–water partition coefficient (Wildman–Crippen LogP) is 2.84. The zero-order chi connectivity index (χ0) is 21.2. The fourth-order valence-electron chi connectivity index (χ4n) is 4.87. The lowest BCUT2D eigenvalue weighted by atomic mass is 9.96. The van der Waals surface area contributed by atoms with Crippen LogP contribution in [0.4, 0.5) is 4.79 Å². The molecule has 0 bridgehead atoms. The molecular weight excluding hydrogens is 396 g/mol. The van der Waals surface area contributed by atoms with Crippen LogP contribution in [-0.4, -0.2) is 55.9 Å². The largest absolute Gasteiger partial charge is 0.485 e. The highest BCUT2D eigenvalue weighted by molar-refractivity contribution is 5.89. The average Bonchev–Trinajstić information content (AvgIpc) is 3.37.